The second kappa shape index (κ2) is 14.8. The molecule has 4 rings (SSSR count). The highest BCUT2D eigenvalue weighted by atomic mass is 32.2. The Labute approximate surface area is 312 Å². The van der Waals surface area contributed by atoms with E-state index in [0.29, 0.717) is 6.07 Å². The van der Waals surface area contributed by atoms with Crippen LogP contribution in [0.25, 0.3) is 0 Å². The zero-order valence-electron chi connectivity index (χ0n) is 28.7. The molecule has 0 saturated heterocycles. The molecule has 2 aliphatic heterocycles. The van der Waals surface area contributed by atoms with Crippen LogP contribution in [-0.2, 0) is 66.2 Å². The van der Waals surface area contributed by atoms with Crippen LogP contribution in [0.3, 0.4) is 0 Å². The average Bonchev–Trinajstić information content (AvgIpc) is 3.33. The van der Waals surface area contributed by atoms with E-state index in [-0.39, 0.29) is 72.1 Å². The Balaban J connectivity index is 2.00. The maximum atomic E-state index is 12.6. The minimum Gasteiger partial charge on any atom is -0.748 e. The molecule has 0 radical (unpaired) electrons. The Hall–Kier alpha value is -3.59. The molecule has 2 heterocycles. The quantitative estimate of drug-likeness (QED) is 0.105. The van der Waals surface area contributed by atoms with Gasteiger partial charge >= 0.3 is 0 Å². The summed E-state index contributed by atoms with van der Waals surface area (Å²) in [5, 5.41) is 0. The van der Waals surface area contributed by atoms with Crippen LogP contribution in [0, 0.1) is 0 Å². The first kappa shape index (κ1) is 43.1. The third-order valence-corrected chi connectivity index (χ3v) is 13.2. The fraction of sp³-hybridized carbons (Fsp3) is 0.400. The van der Waals surface area contributed by atoms with Crippen LogP contribution in [0.1, 0.15) is 44.7 Å². The third kappa shape index (κ3) is 9.61. The number of fused-ring (bicyclic) bond motifs is 2. The highest BCUT2D eigenvalue weighted by Crippen LogP contribution is 2.50. The van der Waals surface area contributed by atoms with E-state index in [1.165, 1.54) is 66.7 Å². The normalized spacial score (nSPS) is 19.8. The Morgan fingerprint density at radius 2 is 1.50 bits per heavy atom. The van der Waals surface area contributed by atoms with E-state index in [2.05, 4.69) is 0 Å². The van der Waals surface area contributed by atoms with Crippen LogP contribution < -0.4 is 9.64 Å². The lowest BCUT2D eigenvalue weighted by atomic mass is 9.81. The van der Waals surface area contributed by atoms with Crippen molar-refractivity contribution >= 4 is 74.1 Å². The number of rotatable bonds is 16. The van der Waals surface area contributed by atoms with E-state index in [1.54, 1.807) is 0 Å². The summed E-state index contributed by atoms with van der Waals surface area (Å²) in [4.78, 5) is 10.7. The van der Waals surface area contributed by atoms with Crippen LogP contribution in [-0.4, -0.2) is 112 Å². The van der Waals surface area contributed by atoms with Crippen LogP contribution in [0.15, 0.2) is 64.0 Å². The maximum absolute atomic E-state index is 12.6. The minimum atomic E-state index is -5.18. The number of hydrogen-bond acceptors (Lipinski definition) is 14. The predicted octanol–water partition coefficient (Wildman–Crippen LogP) is 1.41. The van der Waals surface area contributed by atoms with Crippen LogP contribution in [0.5, 0.6) is 5.75 Å². The molecule has 0 aliphatic carbocycles. The van der Waals surface area contributed by atoms with Gasteiger partial charge in [0.15, 0.2) is 5.71 Å². The molecular weight excluding hydrogens is 821 g/mol. The van der Waals surface area contributed by atoms with Gasteiger partial charge < -0.3 is 14.2 Å². The Bertz CT molecular complexity index is 2540. The topological polar surface area (TPSA) is 307 Å². The Morgan fingerprint density at radius 1 is 0.852 bits per heavy atom. The second-order valence-electron chi connectivity index (χ2n) is 13.2. The number of carbonyl (C=O) groups is 1. The van der Waals surface area contributed by atoms with Gasteiger partial charge in [0.05, 0.1) is 38.0 Å². The molecule has 0 saturated carbocycles. The lowest BCUT2D eigenvalue weighted by Crippen LogP contribution is -2.35. The highest BCUT2D eigenvalue weighted by Gasteiger charge is 2.49. The Morgan fingerprint density at radius 3 is 2.04 bits per heavy atom. The van der Waals surface area contributed by atoms with Gasteiger partial charge in [-0.2, -0.15) is 38.2 Å². The van der Waals surface area contributed by atoms with E-state index < -0.39 is 88.5 Å². The molecule has 19 nitrogen and oxygen atoms in total. The van der Waals surface area contributed by atoms with Gasteiger partial charge in [0, 0.05) is 48.3 Å². The first-order valence-electron chi connectivity index (χ1n) is 15.5. The van der Waals surface area contributed by atoms with Crippen molar-refractivity contribution in [3.05, 3.63) is 65.4 Å². The molecule has 2 aliphatic rings. The molecule has 2 aromatic rings. The molecule has 54 heavy (non-hydrogen) atoms. The van der Waals surface area contributed by atoms with Gasteiger partial charge in [-0.3, -0.25) is 23.0 Å². The molecule has 0 fully saturated rings. The van der Waals surface area contributed by atoms with Crippen LogP contribution in [0.2, 0.25) is 0 Å². The number of ether oxygens (including phenoxy) is 1. The lowest BCUT2D eigenvalue weighted by Gasteiger charge is -2.29. The third-order valence-electron chi connectivity index (χ3n) is 8.91. The van der Waals surface area contributed by atoms with Crippen molar-refractivity contribution in [2.24, 2.45) is 0 Å². The summed E-state index contributed by atoms with van der Waals surface area (Å²) in [5.41, 5.74) is -2.55. The van der Waals surface area contributed by atoms with Gasteiger partial charge in [-0.15, -0.1) is 0 Å². The smallest absolute Gasteiger partial charge is 0.298 e. The summed E-state index contributed by atoms with van der Waals surface area (Å²) in [6, 6.07) is 5.59. The summed E-state index contributed by atoms with van der Waals surface area (Å²) in [6.45, 7) is 4.05. The van der Waals surface area contributed by atoms with Crippen molar-refractivity contribution in [2.75, 3.05) is 35.2 Å². The van der Waals surface area contributed by atoms with Gasteiger partial charge in [0.1, 0.15) is 22.1 Å². The van der Waals surface area contributed by atoms with Gasteiger partial charge in [0.2, 0.25) is 5.69 Å². The fourth-order valence-corrected chi connectivity index (χ4v) is 10.4. The fourth-order valence-electron chi connectivity index (χ4n) is 6.87. The molecule has 24 heteroatoms. The van der Waals surface area contributed by atoms with Gasteiger partial charge in [0.25, 0.3) is 46.9 Å². The highest BCUT2D eigenvalue weighted by molar-refractivity contribution is 7.87. The van der Waals surface area contributed by atoms with Crippen molar-refractivity contribution < 1.29 is 79.0 Å². The summed E-state index contributed by atoms with van der Waals surface area (Å²) in [5.74, 6) is -2.50. The zero-order valence-corrected chi connectivity index (χ0v) is 32.8. The number of carbonyl (C=O) groups excluding carboxylic acids is 1. The van der Waals surface area contributed by atoms with E-state index in [4.69, 9.17) is 4.74 Å². The van der Waals surface area contributed by atoms with Gasteiger partial charge in [-0.05, 0) is 51.0 Å². The standard InChI is InChI=1S/C30H36N2O17S5/c1-29(2)26(32(12-6-14-51(37,38)39)24-16-21(53(43,44)45)17-25(28(24)29)54(46,47)48)7-4-8-27-30(3,18-52(40,41)42)22-10-9-20(49-19-33)15-23(22)31(27)11-5-13-50(34,35)36/h4,7-10,15-17,19H,5-6,11-14,18H2,1-3H3,(H4-,34,35,36,37,38,39,40,41,42,43,44,45,46,47,48). The first-order chi connectivity index (χ1) is 24.5. The molecule has 0 aromatic heterocycles. The van der Waals surface area contributed by atoms with E-state index in [1.807, 2.05) is 0 Å². The van der Waals surface area contributed by atoms with E-state index in [9.17, 15) is 69.6 Å². The molecule has 0 bridgehead atoms. The molecular formula is C30H36N2O17S5. The molecule has 2 aromatic carbocycles. The molecule has 4 N–H and O–H groups in total. The number of hydrogen-bond donors (Lipinski definition) is 4. The van der Waals surface area contributed by atoms with Crippen molar-refractivity contribution in [3.63, 3.8) is 0 Å². The largest absolute Gasteiger partial charge is 0.748 e. The van der Waals surface area contributed by atoms with E-state index in [0.717, 1.165) is 6.07 Å². The van der Waals surface area contributed by atoms with Gasteiger partial charge in [-0.25, -0.2) is 8.42 Å². The lowest BCUT2D eigenvalue weighted by molar-refractivity contribution is -0.437. The molecule has 1 atom stereocenters. The van der Waals surface area contributed by atoms with Crippen molar-refractivity contribution in [3.8, 4) is 5.75 Å². The van der Waals surface area contributed by atoms with Crippen LogP contribution >= 0.6 is 0 Å². The minimum absolute atomic E-state index is 0.0108. The summed E-state index contributed by atoms with van der Waals surface area (Å²) >= 11 is 0. The molecule has 1 unspecified atom stereocenters. The first-order valence-corrected chi connectivity index (χ1v) is 23.2. The zero-order chi connectivity index (χ0) is 40.9. The van der Waals surface area contributed by atoms with Crippen molar-refractivity contribution in [1.29, 1.82) is 0 Å². The number of anilines is 1. The Kier molecular flexibility index (Phi) is 11.8. The van der Waals surface area contributed by atoms with E-state index >= 15 is 0 Å². The molecule has 0 spiro atoms. The van der Waals surface area contributed by atoms with Gasteiger partial charge in [-0.1, -0.05) is 12.1 Å². The number of benzene rings is 2. The number of nitrogens with zero attached hydrogens (tertiary/aromatic N) is 2. The van der Waals surface area contributed by atoms with Crippen molar-refractivity contribution in [2.45, 2.75) is 54.2 Å². The summed E-state index contributed by atoms with van der Waals surface area (Å²) < 4.78 is 177. The SMILES string of the molecule is CC1(C)C(/C=C/C=C2/N(CCCS(=O)(=O)[O-])c3cc(OC=O)ccc3C2(C)CS(=O)(=O)O)=[N+](CCCS(=O)(=O)O)c2cc(S(=O)(=O)O)cc(S(=O)(=O)O)c21. The predicted molar refractivity (Wildman–Crippen MR) is 191 cm³/mol. The number of allylic oxidation sites excluding steroid dienone is 4. The van der Waals surface area contributed by atoms with Crippen LogP contribution in [0.4, 0.5) is 11.4 Å². The second-order valence-corrected chi connectivity index (χ2v) is 20.6. The summed E-state index contributed by atoms with van der Waals surface area (Å²) in [6.07, 6.45) is 3.53. The molecule has 0 amide bonds. The molecule has 298 valence electrons. The van der Waals surface area contributed by atoms with Crippen molar-refractivity contribution in [1.82, 2.24) is 0 Å². The maximum Gasteiger partial charge on any atom is 0.298 e. The average molecular weight is 857 g/mol. The monoisotopic (exact) mass is 856 g/mol. The summed E-state index contributed by atoms with van der Waals surface area (Å²) in [7, 11) is -24.2.